The summed E-state index contributed by atoms with van der Waals surface area (Å²) in [6.45, 7) is 5.38. The Kier molecular flexibility index (Phi) is 8.61. The van der Waals surface area contributed by atoms with Crippen molar-refractivity contribution in [3.8, 4) is 23.1 Å². The van der Waals surface area contributed by atoms with Crippen LogP contribution in [-0.2, 0) is 4.79 Å². The van der Waals surface area contributed by atoms with Crippen molar-refractivity contribution in [1.29, 1.82) is 0 Å². The molecule has 0 aliphatic rings. The summed E-state index contributed by atoms with van der Waals surface area (Å²) in [7, 11) is 0. The number of rotatable bonds is 11. The molecule has 3 rings (SSSR count). The molecule has 0 fully saturated rings. The van der Waals surface area contributed by atoms with Crippen LogP contribution in [0.15, 0.2) is 42.9 Å². The van der Waals surface area contributed by atoms with Gasteiger partial charge < -0.3 is 34.7 Å². The Balaban J connectivity index is 1.82. The minimum Gasteiger partial charge on any atom is -0.494 e. The third-order valence-corrected chi connectivity index (χ3v) is 5.03. The fraction of sp³-hybridized carbons (Fsp3) is 0.375. The number of aromatic hydroxyl groups is 1. The number of hydrogen-bond donors (Lipinski definition) is 4. The molecule has 0 spiro atoms. The van der Waals surface area contributed by atoms with Crippen LogP contribution in [0.5, 0.6) is 23.1 Å². The van der Waals surface area contributed by atoms with E-state index in [1.165, 1.54) is 41.4 Å². The van der Waals surface area contributed by atoms with Crippen LogP contribution in [0.4, 0.5) is 10.2 Å². The second kappa shape index (κ2) is 11.6. The Morgan fingerprint density at radius 3 is 2.60 bits per heavy atom. The van der Waals surface area contributed by atoms with Gasteiger partial charge in [-0.05, 0) is 31.4 Å². The highest BCUT2D eigenvalue weighted by Crippen LogP contribution is 2.35. The molecule has 35 heavy (non-hydrogen) atoms. The highest BCUT2D eigenvalue weighted by Gasteiger charge is 2.26. The van der Waals surface area contributed by atoms with Gasteiger partial charge in [-0.1, -0.05) is 19.9 Å². The number of benzene rings is 1. The Bertz CT molecular complexity index is 1140. The molecule has 2 atom stereocenters. The van der Waals surface area contributed by atoms with Gasteiger partial charge in [0.1, 0.15) is 17.9 Å². The summed E-state index contributed by atoms with van der Waals surface area (Å²) in [4.78, 5) is 21.1. The summed E-state index contributed by atoms with van der Waals surface area (Å²) in [5, 5.41) is 31.8. The van der Waals surface area contributed by atoms with Gasteiger partial charge in [-0.25, -0.2) is 4.98 Å². The third kappa shape index (κ3) is 6.46. The average Bonchev–Trinajstić information content (AvgIpc) is 3.19. The minimum atomic E-state index is -1.17. The summed E-state index contributed by atoms with van der Waals surface area (Å²) >= 11 is 0. The standard InChI is InChI=1S/C24H29FN4O6/c1-4-34-19-6-5-7-20(23(19)25)35-15-9-22(32)29(12-15)17(8-14(2)3)24(33)28-21-11-26-16(10-27-21)18(31)13-30/h5-7,9-12,14,17-18,30-32H,4,8,13H2,1-3H3,(H,27,28,33)/t17-,18+/m0/s1. The van der Waals surface area contributed by atoms with E-state index in [2.05, 4.69) is 15.3 Å². The normalized spacial score (nSPS) is 12.9. The Morgan fingerprint density at radius 1 is 1.23 bits per heavy atom. The van der Waals surface area contributed by atoms with Gasteiger partial charge in [0, 0.05) is 6.07 Å². The second-order valence-corrected chi connectivity index (χ2v) is 8.20. The van der Waals surface area contributed by atoms with Crippen LogP contribution in [0.3, 0.4) is 0 Å². The van der Waals surface area contributed by atoms with Gasteiger partial charge in [0.15, 0.2) is 23.2 Å². The molecule has 11 heteroatoms. The zero-order chi connectivity index (χ0) is 25.5. The first kappa shape index (κ1) is 25.9. The Morgan fingerprint density at radius 2 is 1.97 bits per heavy atom. The first-order valence-electron chi connectivity index (χ1n) is 11.1. The topological polar surface area (TPSA) is 139 Å². The van der Waals surface area contributed by atoms with E-state index in [4.69, 9.17) is 14.6 Å². The molecule has 2 aromatic heterocycles. The molecule has 0 radical (unpaired) electrons. The van der Waals surface area contributed by atoms with Gasteiger partial charge in [-0.2, -0.15) is 4.39 Å². The van der Waals surface area contributed by atoms with Crippen LogP contribution in [0, 0.1) is 11.7 Å². The number of halogens is 1. The highest BCUT2D eigenvalue weighted by atomic mass is 19.1. The molecule has 0 aliphatic heterocycles. The van der Waals surface area contributed by atoms with Gasteiger partial charge in [0.2, 0.25) is 11.7 Å². The molecule has 2 heterocycles. The molecule has 4 N–H and O–H groups in total. The third-order valence-electron chi connectivity index (χ3n) is 5.03. The zero-order valence-corrected chi connectivity index (χ0v) is 19.7. The largest absolute Gasteiger partial charge is 0.494 e. The lowest BCUT2D eigenvalue weighted by atomic mass is 10.0. The molecule has 1 aromatic carbocycles. The molecule has 0 bridgehead atoms. The van der Waals surface area contributed by atoms with E-state index in [0.29, 0.717) is 13.0 Å². The van der Waals surface area contributed by atoms with Crippen molar-refractivity contribution in [3.05, 3.63) is 54.4 Å². The van der Waals surface area contributed by atoms with Crippen molar-refractivity contribution in [1.82, 2.24) is 14.5 Å². The number of hydrogen-bond acceptors (Lipinski definition) is 8. The molecule has 188 valence electrons. The summed E-state index contributed by atoms with van der Waals surface area (Å²) in [6.07, 6.45) is 3.13. The molecule has 0 saturated heterocycles. The molecular formula is C24H29FN4O6. The molecule has 3 aromatic rings. The number of aliphatic hydroxyl groups excluding tert-OH is 2. The number of aromatic nitrogens is 3. The van der Waals surface area contributed by atoms with Crippen molar-refractivity contribution in [3.63, 3.8) is 0 Å². The maximum atomic E-state index is 14.6. The zero-order valence-electron chi connectivity index (χ0n) is 19.7. The van der Waals surface area contributed by atoms with Gasteiger partial charge in [0.25, 0.3) is 0 Å². The smallest absolute Gasteiger partial charge is 0.248 e. The average molecular weight is 489 g/mol. The lowest BCUT2D eigenvalue weighted by molar-refractivity contribution is -0.119. The molecule has 0 aliphatic carbocycles. The van der Waals surface area contributed by atoms with E-state index in [1.54, 1.807) is 13.0 Å². The fourth-order valence-corrected chi connectivity index (χ4v) is 3.38. The van der Waals surface area contributed by atoms with Crippen LogP contribution in [-0.4, -0.2) is 49.0 Å². The number of ether oxygens (including phenoxy) is 2. The summed E-state index contributed by atoms with van der Waals surface area (Å²) in [6, 6.07) is 4.95. The van der Waals surface area contributed by atoms with Crippen LogP contribution in [0.1, 0.15) is 45.0 Å². The van der Waals surface area contributed by atoms with Crippen molar-refractivity contribution >= 4 is 11.7 Å². The van der Waals surface area contributed by atoms with Crippen LogP contribution >= 0.6 is 0 Å². The van der Waals surface area contributed by atoms with Crippen LogP contribution in [0.2, 0.25) is 0 Å². The number of aliphatic hydroxyl groups is 2. The number of nitrogens with zero attached hydrogens (tertiary/aromatic N) is 3. The predicted molar refractivity (Wildman–Crippen MR) is 125 cm³/mol. The van der Waals surface area contributed by atoms with E-state index < -0.39 is 30.5 Å². The molecule has 0 unspecified atom stereocenters. The van der Waals surface area contributed by atoms with Crippen molar-refractivity contribution in [2.45, 2.75) is 39.3 Å². The lowest BCUT2D eigenvalue weighted by Crippen LogP contribution is -2.27. The van der Waals surface area contributed by atoms with E-state index in [9.17, 15) is 19.4 Å². The summed E-state index contributed by atoms with van der Waals surface area (Å²) in [5.41, 5.74) is 0.162. The molecular weight excluding hydrogens is 459 g/mol. The minimum absolute atomic E-state index is 0.0457. The predicted octanol–water partition coefficient (Wildman–Crippen LogP) is 3.57. The molecule has 0 saturated carbocycles. The van der Waals surface area contributed by atoms with Crippen molar-refractivity contribution in [2.75, 3.05) is 18.5 Å². The Labute approximate surface area is 202 Å². The quantitative estimate of drug-likeness (QED) is 0.321. The first-order valence-corrected chi connectivity index (χ1v) is 11.1. The fourth-order valence-electron chi connectivity index (χ4n) is 3.38. The second-order valence-electron chi connectivity index (χ2n) is 8.20. The van der Waals surface area contributed by atoms with E-state index >= 15 is 0 Å². The Hall–Kier alpha value is -3.70. The SMILES string of the molecule is CCOc1cccc(Oc2cc(O)n([C@@H](CC(C)C)C(=O)Nc3cnc([C@H](O)CO)cn3)c2)c1F. The van der Waals surface area contributed by atoms with E-state index in [1.807, 2.05) is 13.8 Å². The maximum Gasteiger partial charge on any atom is 0.248 e. The van der Waals surface area contributed by atoms with Gasteiger partial charge in [-0.15, -0.1) is 0 Å². The summed E-state index contributed by atoms with van der Waals surface area (Å²) in [5.74, 6) is -1.06. The van der Waals surface area contributed by atoms with Gasteiger partial charge >= 0.3 is 0 Å². The van der Waals surface area contributed by atoms with E-state index in [-0.39, 0.29) is 40.6 Å². The van der Waals surface area contributed by atoms with E-state index in [0.717, 1.165) is 0 Å². The highest BCUT2D eigenvalue weighted by molar-refractivity contribution is 5.93. The van der Waals surface area contributed by atoms with Crippen LogP contribution < -0.4 is 14.8 Å². The van der Waals surface area contributed by atoms with Gasteiger partial charge in [-0.3, -0.25) is 9.78 Å². The first-order chi connectivity index (χ1) is 16.7. The lowest BCUT2D eigenvalue weighted by Gasteiger charge is -2.21. The molecule has 10 nitrogen and oxygen atoms in total. The monoisotopic (exact) mass is 488 g/mol. The summed E-state index contributed by atoms with van der Waals surface area (Å²) < 4.78 is 26.8. The van der Waals surface area contributed by atoms with Crippen LogP contribution in [0.25, 0.3) is 0 Å². The number of carbonyl (C=O) groups is 1. The van der Waals surface area contributed by atoms with Gasteiger partial charge in [0.05, 0.1) is 37.5 Å². The number of anilines is 1. The maximum absolute atomic E-state index is 14.6. The number of carbonyl (C=O) groups excluding carboxylic acids is 1. The van der Waals surface area contributed by atoms with Crippen molar-refractivity contribution in [2.24, 2.45) is 5.92 Å². The number of amides is 1. The van der Waals surface area contributed by atoms with Crippen molar-refractivity contribution < 1.29 is 34.0 Å². The number of nitrogens with one attached hydrogen (secondary N) is 1. The molecule has 1 amide bonds.